The average Bonchev–Trinajstić information content (AvgIpc) is 2.87. The molecule has 2 aromatic carbocycles. The van der Waals surface area contributed by atoms with Crippen molar-refractivity contribution in [2.45, 2.75) is 13.0 Å². The van der Waals surface area contributed by atoms with Crippen LogP contribution in [0.1, 0.15) is 21.6 Å². The van der Waals surface area contributed by atoms with Gasteiger partial charge in [0.15, 0.2) is 0 Å². The van der Waals surface area contributed by atoms with Gasteiger partial charge in [0.05, 0.1) is 18.3 Å². The molecule has 0 saturated heterocycles. The van der Waals surface area contributed by atoms with E-state index < -0.39 is 0 Å². The fourth-order valence-electron chi connectivity index (χ4n) is 4.20. The quantitative estimate of drug-likeness (QED) is 0.474. The van der Waals surface area contributed by atoms with Gasteiger partial charge in [-0.2, -0.15) is 0 Å². The first-order valence-electron chi connectivity index (χ1n) is 11.1. The Labute approximate surface area is 198 Å². The van der Waals surface area contributed by atoms with Crippen molar-refractivity contribution in [1.29, 1.82) is 0 Å². The minimum absolute atomic E-state index is 0.210. The number of ether oxygens (including phenoxy) is 1. The van der Waals surface area contributed by atoms with Crippen LogP contribution in [0.3, 0.4) is 0 Å². The second-order valence-corrected chi connectivity index (χ2v) is 8.41. The number of pyridine rings is 1. The molecule has 172 valence electrons. The van der Waals surface area contributed by atoms with Crippen LogP contribution in [0.4, 0.5) is 11.6 Å². The Bertz CT molecular complexity index is 1370. The number of hydrogen-bond acceptors (Lipinski definition) is 7. The molecule has 0 fully saturated rings. The zero-order valence-electron chi connectivity index (χ0n) is 19.4. The fourth-order valence-corrected chi connectivity index (χ4v) is 4.20. The number of nitrogens with zero attached hydrogens (tertiary/aromatic N) is 4. The lowest BCUT2D eigenvalue weighted by atomic mass is 9.99. The molecular weight excluding hydrogens is 428 g/mol. The summed E-state index contributed by atoms with van der Waals surface area (Å²) in [7, 11) is 5.40. The van der Waals surface area contributed by atoms with E-state index in [2.05, 4.69) is 44.7 Å². The molecule has 8 heteroatoms. The van der Waals surface area contributed by atoms with E-state index in [1.807, 2.05) is 24.3 Å². The smallest absolute Gasteiger partial charge is 0.269 e. The van der Waals surface area contributed by atoms with Gasteiger partial charge in [-0.05, 0) is 54.4 Å². The minimum Gasteiger partial charge on any atom is -0.495 e. The van der Waals surface area contributed by atoms with Crippen LogP contribution in [0.2, 0.25) is 0 Å². The summed E-state index contributed by atoms with van der Waals surface area (Å²) in [6.45, 7) is 1.95. The summed E-state index contributed by atoms with van der Waals surface area (Å²) in [6, 6.07) is 13.8. The summed E-state index contributed by atoms with van der Waals surface area (Å²) < 4.78 is 5.64. The number of aromatic nitrogens is 3. The van der Waals surface area contributed by atoms with Crippen molar-refractivity contribution in [3.05, 3.63) is 71.7 Å². The van der Waals surface area contributed by atoms with Gasteiger partial charge in [-0.3, -0.25) is 9.78 Å². The molecule has 3 heterocycles. The van der Waals surface area contributed by atoms with E-state index in [1.54, 1.807) is 32.6 Å². The average molecular weight is 455 g/mol. The van der Waals surface area contributed by atoms with Crippen LogP contribution in [0.15, 0.2) is 54.9 Å². The van der Waals surface area contributed by atoms with E-state index in [0.717, 1.165) is 53.0 Å². The molecule has 2 aromatic heterocycles. The van der Waals surface area contributed by atoms with Crippen LogP contribution < -0.4 is 15.4 Å². The lowest BCUT2D eigenvalue weighted by Gasteiger charge is -2.26. The second-order valence-electron chi connectivity index (χ2n) is 8.41. The molecule has 1 aliphatic heterocycles. The van der Waals surface area contributed by atoms with E-state index in [1.165, 1.54) is 11.1 Å². The van der Waals surface area contributed by atoms with Crippen molar-refractivity contribution in [3.8, 4) is 16.9 Å². The van der Waals surface area contributed by atoms with Crippen molar-refractivity contribution >= 4 is 28.4 Å². The standard InChI is InChI=1S/C26H26N6O2/c1-27-25(33)21-7-6-18(13-28-21)16-4-5-19-14-29-26(30-22(19)10-16)31-23-11-20-15-32(2)9-8-17(20)12-24(23)34-3/h4-7,10-14H,8-9,15H2,1-3H3,(H,27,33)(H,29,30,31). The maximum Gasteiger partial charge on any atom is 0.269 e. The largest absolute Gasteiger partial charge is 0.495 e. The third-order valence-electron chi connectivity index (χ3n) is 6.11. The monoisotopic (exact) mass is 454 g/mol. The summed E-state index contributed by atoms with van der Waals surface area (Å²) in [4.78, 5) is 27.6. The first kappa shape index (κ1) is 21.8. The first-order chi connectivity index (χ1) is 16.5. The molecule has 0 unspecified atom stereocenters. The molecule has 0 radical (unpaired) electrons. The Morgan fingerprint density at radius 3 is 2.65 bits per heavy atom. The van der Waals surface area contributed by atoms with Gasteiger partial charge in [-0.25, -0.2) is 9.97 Å². The molecule has 34 heavy (non-hydrogen) atoms. The van der Waals surface area contributed by atoms with E-state index >= 15 is 0 Å². The highest BCUT2D eigenvalue weighted by molar-refractivity contribution is 5.92. The molecule has 4 aromatic rings. The molecule has 0 spiro atoms. The van der Waals surface area contributed by atoms with Crippen molar-refractivity contribution in [2.24, 2.45) is 0 Å². The maximum atomic E-state index is 11.8. The van der Waals surface area contributed by atoms with Crippen LogP contribution >= 0.6 is 0 Å². The predicted molar refractivity (Wildman–Crippen MR) is 132 cm³/mol. The van der Waals surface area contributed by atoms with Gasteiger partial charge in [0.25, 0.3) is 5.91 Å². The number of hydrogen-bond donors (Lipinski definition) is 2. The van der Waals surface area contributed by atoms with Gasteiger partial charge >= 0.3 is 0 Å². The number of methoxy groups -OCH3 is 1. The lowest BCUT2D eigenvalue weighted by molar-refractivity contribution is 0.0958. The number of carbonyl (C=O) groups excluding carboxylic acids is 1. The molecule has 0 bridgehead atoms. The highest BCUT2D eigenvalue weighted by Gasteiger charge is 2.17. The summed E-state index contributed by atoms with van der Waals surface area (Å²) in [6.07, 6.45) is 4.51. The molecule has 8 nitrogen and oxygen atoms in total. The van der Waals surface area contributed by atoms with E-state index in [4.69, 9.17) is 9.72 Å². The van der Waals surface area contributed by atoms with Crippen LogP contribution in [-0.2, 0) is 13.0 Å². The van der Waals surface area contributed by atoms with Crippen molar-refractivity contribution in [1.82, 2.24) is 25.2 Å². The van der Waals surface area contributed by atoms with Gasteiger partial charge in [-0.1, -0.05) is 18.2 Å². The van der Waals surface area contributed by atoms with Gasteiger partial charge in [-0.15, -0.1) is 0 Å². The topological polar surface area (TPSA) is 92.3 Å². The minimum atomic E-state index is -0.210. The van der Waals surface area contributed by atoms with Crippen molar-refractivity contribution in [3.63, 3.8) is 0 Å². The molecule has 0 saturated carbocycles. The number of anilines is 2. The number of fused-ring (bicyclic) bond motifs is 2. The Balaban J connectivity index is 1.45. The molecule has 0 aliphatic carbocycles. The van der Waals surface area contributed by atoms with E-state index in [9.17, 15) is 4.79 Å². The number of rotatable bonds is 5. The lowest BCUT2D eigenvalue weighted by Crippen LogP contribution is -2.26. The van der Waals surface area contributed by atoms with Crippen LogP contribution in [0.25, 0.3) is 22.0 Å². The van der Waals surface area contributed by atoms with E-state index in [-0.39, 0.29) is 5.91 Å². The van der Waals surface area contributed by atoms with Gasteiger partial charge in [0, 0.05) is 43.5 Å². The Morgan fingerprint density at radius 1 is 1.03 bits per heavy atom. The highest BCUT2D eigenvalue weighted by Crippen LogP contribution is 2.33. The summed E-state index contributed by atoms with van der Waals surface area (Å²) in [5.41, 5.74) is 6.51. The zero-order valence-corrected chi connectivity index (χ0v) is 19.4. The number of carbonyl (C=O) groups is 1. The third-order valence-corrected chi connectivity index (χ3v) is 6.11. The normalized spacial score (nSPS) is 13.4. The van der Waals surface area contributed by atoms with Crippen LogP contribution in [-0.4, -0.2) is 53.5 Å². The Kier molecular flexibility index (Phi) is 5.81. The first-order valence-corrected chi connectivity index (χ1v) is 11.1. The summed E-state index contributed by atoms with van der Waals surface area (Å²) in [5.74, 6) is 1.07. The molecule has 1 amide bonds. The van der Waals surface area contributed by atoms with Gasteiger partial charge in [0.2, 0.25) is 5.95 Å². The predicted octanol–water partition coefficient (Wildman–Crippen LogP) is 3.79. The Morgan fingerprint density at radius 2 is 1.88 bits per heavy atom. The number of likely N-dealkylation sites (N-methyl/N-ethyl adjacent to an activating group) is 1. The molecule has 1 aliphatic rings. The Hall–Kier alpha value is -4.04. The maximum absolute atomic E-state index is 11.8. The van der Waals surface area contributed by atoms with E-state index in [0.29, 0.717) is 11.6 Å². The van der Waals surface area contributed by atoms with Gasteiger partial charge < -0.3 is 20.3 Å². The van der Waals surface area contributed by atoms with Crippen LogP contribution in [0, 0.1) is 0 Å². The third kappa shape index (κ3) is 4.27. The number of nitrogens with one attached hydrogen (secondary N) is 2. The SMILES string of the molecule is CNC(=O)c1ccc(-c2ccc3cnc(Nc4cc5c(cc4OC)CCN(C)C5)nc3c2)cn1. The number of benzene rings is 2. The zero-order chi connectivity index (χ0) is 23.7. The fraction of sp³-hybridized carbons (Fsp3) is 0.231. The molecular formula is C26H26N6O2. The molecule has 2 N–H and O–H groups in total. The second kappa shape index (κ2) is 9.07. The number of amides is 1. The summed E-state index contributed by atoms with van der Waals surface area (Å²) >= 11 is 0. The van der Waals surface area contributed by atoms with Crippen molar-refractivity contribution in [2.75, 3.05) is 33.1 Å². The van der Waals surface area contributed by atoms with Gasteiger partial charge in [0.1, 0.15) is 11.4 Å². The summed E-state index contributed by atoms with van der Waals surface area (Å²) in [5, 5.41) is 6.86. The molecule has 0 atom stereocenters. The van der Waals surface area contributed by atoms with Crippen LogP contribution in [0.5, 0.6) is 5.75 Å². The van der Waals surface area contributed by atoms with Crippen molar-refractivity contribution < 1.29 is 9.53 Å². The molecule has 5 rings (SSSR count). The highest BCUT2D eigenvalue weighted by atomic mass is 16.5.